The number of sulfone groups is 1. The molecule has 6 nitrogen and oxygen atoms in total. The van der Waals surface area contributed by atoms with Gasteiger partial charge in [0.25, 0.3) is 0 Å². The smallest absolute Gasteiger partial charge is 0.214 e. The molecule has 0 unspecified atom stereocenters. The van der Waals surface area contributed by atoms with E-state index in [0.29, 0.717) is 6.54 Å². The van der Waals surface area contributed by atoms with Gasteiger partial charge in [0.15, 0.2) is 0 Å². The van der Waals surface area contributed by atoms with E-state index in [9.17, 15) is 16.8 Å². The molecule has 0 amide bonds. The quantitative estimate of drug-likeness (QED) is 0.624. The summed E-state index contributed by atoms with van der Waals surface area (Å²) < 4.78 is 46.5. The highest BCUT2D eigenvalue weighted by Gasteiger charge is 2.20. The van der Waals surface area contributed by atoms with Gasteiger partial charge in [0, 0.05) is 25.8 Å². The minimum Gasteiger partial charge on any atom is -0.229 e. The lowest BCUT2D eigenvalue weighted by Crippen LogP contribution is -2.34. The molecule has 8 heteroatoms. The molecule has 0 aromatic rings. The van der Waals surface area contributed by atoms with E-state index >= 15 is 0 Å². The normalized spacial score (nSPS) is 12.6. The van der Waals surface area contributed by atoms with E-state index in [1.165, 1.54) is 4.31 Å². The fourth-order valence-electron chi connectivity index (χ4n) is 1.30. The van der Waals surface area contributed by atoms with Crippen molar-refractivity contribution in [1.82, 2.24) is 4.31 Å². The molecule has 0 spiro atoms. The van der Waals surface area contributed by atoms with E-state index < -0.39 is 19.9 Å². The number of sulfonamides is 1. The average molecular weight is 282 g/mol. The summed E-state index contributed by atoms with van der Waals surface area (Å²) in [5.74, 6) is -0.332. The summed E-state index contributed by atoms with van der Waals surface area (Å²) in [5.41, 5.74) is 0. The summed E-state index contributed by atoms with van der Waals surface area (Å²) in [7, 11) is -6.58. The van der Waals surface area contributed by atoms with Crippen molar-refractivity contribution in [2.75, 3.05) is 30.9 Å². The van der Waals surface area contributed by atoms with E-state index in [0.717, 1.165) is 6.26 Å². The standard InChI is InChI=1S/C9H18N2O4S2/c1-3-11(7-4-6-10)17(14,15)9-5-8-16(2,12)13/h3-5,7-9H2,1-2H3. The number of nitriles is 1. The van der Waals surface area contributed by atoms with Crippen LogP contribution in [0, 0.1) is 11.3 Å². The van der Waals surface area contributed by atoms with Crippen LogP contribution in [0.15, 0.2) is 0 Å². The van der Waals surface area contributed by atoms with Gasteiger partial charge in [-0.05, 0) is 6.42 Å². The Morgan fingerprint density at radius 3 is 2.18 bits per heavy atom. The first-order valence-corrected chi connectivity index (χ1v) is 8.92. The molecule has 0 heterocycles. The van der Waals surface area contributed by atoms with Crippen LogP contribution in [-0.4, -0.2) is 52.0 Å². The second-order valence-electron chi connectivity index (χ2n) is 3.70. The Hall–Kier alpha value is -0.650. The topological polar surface area (TPSA) is 95.3 Å². The highest BCUT2D eigenvalue weighted by molar-refractivity contribution is 7.91. The molecule has 0 aromatic heterocycles. The average Bonchev–Trinajstić information content (AvgIpc) is 2.16. The van der Waals surface area contributed by atoms with Crippen LogP contribution in [0.3, 0.4) is 0 Å². The van der Waals surface area contributed by atoms with Crippen molar-refractivity contribution in [2.45, 2.75) is 19.8 Å². The van der Waals surface area contributed by atoms with Crippen molar-refractivity contribution in [2.24, 2.45) is 0 Å². The highest BCUT2D eigenvalue weighted by atomic mass is 32.2. The lowest BCUT2D eigenvalue weighted by molar-refractivity contribution is 0.434. The molecule has 0 rings (SSSR count). The zero-order chi connectivity index (χ0) is 13.5. The molecule has 0 saturated heterocycles. The molecule has 0 bridgehead atoms. The lowest BCUT2D eigenvalue weighted by Gasteiger charge is -2.18. The van der Waals surface area contributed by atoms with Crippen molar-refractivity contribution < 1.29 is 16.8 Å². The minimum absolute atomic E-state index is 0.0875. The summed E-state index contributed by atoms with van der Waals surface area (Å²) >= 11 is 0. The predicted molar refractivity (Wildman–Crippen MR) is 65.6 cm³/mol. The van der Waals surface area contributed by atoms with E-state index in [1.807, 2.05) is 6.07 Å². The summed E-state index contributed by atoms with van der Waals surface area (Å²) in [6.45, 7) is 2.14. The van der Waals surface area contributed by atoms with E-state index in [1.54, 1.807) is 6.92 Å². The molecule has 0 aliphatic heterocycles. The zero-order valence-electron chi connectivity index (χ0n) is 10.1. The molecule has 100 valence electrons. The van der Waals surface area contributed by atoms with Gasteiger partial charge in [-0.15, -0.1) is 0 Å². The second-order valence-corrected chi connectivity index (χ2v) is 8.05. The first-order valence-electron chi connectivity index (χ1n) is 5.25. The van der Waals surface area contributed by atoms with Crippen molar-refractivity contribution in [3.63, 3.8) is 0 Å². The fourth-order valence-corrected chi connectivity index (χ4v) is 3.68. The Bertz CT molecular complexity index is 462. The van der Waals surface area contributed by atoms with Crippen LogP contribution in [0.2, 0.25) is 0 Å². The van der Waals surface area contributed by atoms with Gasteiger partial charge in [0.05, 0.1) is 17.6 Å². The molecular formula is C9H18N2O4S2. The van der Waals surface area contributed by atoms with Crippen molar-refractivity contribution in [1.29, 1.82) is 5.26 Å². The third-order valence-electron chi connectivity index (χ3n) is 2.14. The largest absolute Gasteiger partial charge is 0.229 e. The third-order valence-corrected chi connectivity index (χ3v) is 5.20. The van der Waals surface area contributed by atoms with Crippen LogP contribution in [0.1, 0.15) is 19.8 Å². The van der Waals surface area contributed by atoms with Gasteiger partial charge in [0.1, 0.15) is 9.84 Å². The lowest BCUT2D eigenvalue weighted by atomic mass is 10.5. The van der Waals surface area contributed by atoms with Crippen LogP contribution in [0.25, 0.3) is 0 Å². The molecule has 17 heavy (non-hydrogen) atoms. The number of hydrogen-bond donors (Lipinski definition) is 0. The van der Waals surface area contributed by atoms with E-state index in [-0.39, 0.29) is 30.9 Å². The predicted octanol–water partition coefficient (Wildman–Crippen LogP) is -0.0135. The Balaban J connectivity index is 4.40. The van der Waals surface area contributed by atoms with Gasteiger partial charge in [-0.1, -0.05) is 6.92 Å². The van der Waals surface area contributed by atoms with E-state index in [2.05, 4.69) is 0 Å². The first-order chi connectivity index (χ1) is 7.73. The number of hydrogen-bond acceptors (Lipinski definition) is 5. The molecule has 0 fully saturated rings. The molecule has 0 saturated carbocycles. The Labute approximate surface area is 103 Å². The molecule has 0 atom stereocenters. The van der Waals surface area contributed by atoms with E-state index in [4.69, 9.17) is 5.26 Å². The van der Waals surface area contributed by atoms with Gasteiger partial charge in [-0.2, -0.15) is 5.26 Å². The summed E-state index contributed by atoms with van der Waals surface area (Å²) in [4.78, 5) is 0. The molecule has 0 aliphatic rings. The SMILES string of the molecule is CCN(CCC#N)S(=O)(=O)CCCS(C)(=O)=O. The van der Waals surface area contributed by atoms with Crippen molar-refractivity contribution >= 4 is 19.9 Å². The minimum atomic E-state index is -3.45. The first kappa shape index (κ1) is 16.4. The summed E-state index contributed by atoms with van der Waals surface area (Å²) in [5, 5.41) is 8.41. The summed E-state index contributed by atoms with van der Waals surface area (Å²) in [6, 6.07) is 1.88. The Kier molecular flexibility index (Phi) is 6.67. The zero-order valence-corrected chi connectivity index (χ0v) is 11.7. The van der Waals surface area contributed by atoms with Gasteiger partial charge in [0.2, 0.25) is 10.0 Å². The van der Waals surface area contributed by atoms with Crippen molar-refractivity contribution in [3.8, 4) is 6.07 Å². The van der Waals surface area contributed by atoms with Crippen LogP contribution in [0.5, 0.6) is 0 Å². The van der Waals surface area contributed by atoms with Gasteiger partial charge in [-0.25, -0.2) is 21.1 Å². The maximum absolute atomic E-state index is 11.8. The van der Waals surface area contributed by atoms with Gasteiger partial charge < -0.3 is 0 Å². The van der Waals surface area contributed by atoms with Gasteiger partial charge >= 0.3 is 0 Å². The maximum Gasteiger partial charge on any atom is 0.214 e. The number of nitrogens with zero attached hydrogens (tertiary/aromatic N) is 2. The highest BCUT2D eigenvalue weighted by Crippen LogP contribution is 2.05. The van der Waals surface area contributed by atoms with Crippen molar-refractivity contribution in [3.05, 3.63) is 0 Å². The molecule has 0 aliphatic carbocycles. The number of rotatable bonds is 8. The van der Waals surface area contributed by atoms with Crippen LogP contribution < -0.4 is 0 Å². The van der Waals surface area contributed by atoms with Gasteiger partial charge in [-0.3, -0.25) is 0 Å². The molecule has 0 aromatic carbocycles. The Morgan fingerprint density at radius 2 is 1.76 bits per heavy atom. The fraction of sp³-hybridized carbons (Fsp3) is 0.889. The monoisotopic (exact) mass is 282 g/mol. The third kappa shape index (κ3) is 7.31. The van der Waals surface area contributed by atoms with Crippen LogP contribution in [-0.2, 0) is 19.9 Å². The molecular weight excluding hydrogens is 264 g/mol. The second kappa shape index (κ2) is 6.93. The Morgan fingerprint density at radius 1 is 1.18 bits per heavy atom. The summed E-state index contributed by atoms with van der Waals surface area (Å²) in [6.07, 6.45) is 1.30. The maximum atomic E-state index is 11.8. The van der Waals surface area contributed by atoms with Crippen LogP contribution >= 0.6 is 0 Å². The molecule has 0 N–H and O–H groups in total. The van der Waals surface area contributed by atoms with Crippen LogP contribution in [0.4, 0.5) is 0 Å². The molecule has 0 radical (unpaired) electrons.